The summed E-state index contributed by atoms with van der Waals surface area (Å²) in [4.78, 5) is 23.6. The summed E-state index contributed by atoms with van der Waals surface area (Å²) in [6.45, 7) is 5.09. The monoisotopic (exact) mass is 370 g/mol. The molecule has 0 amide bonds. The van der Waals surface area contributed by atoms with Gasteiger partial charge in [0.1, 0.15) is 5.75 Å². The zero-order chi connectivity index (χ0) is 16.8. The molecule has 4 heteroatoms. The number of carbonyl (C=O) groups excluding carboxylic acids is 2. The number of allylic oxidation sites excluding steroid dienone is 1. The maximum absolute atomic E-state index is 12.1. The first kappa shape index (κ1) is 16.9. The van der Waals surface area contributed by atoms with Crippen LogP contribution in [0.5, 0.6) is 5.75 Å². The molecule has 0 spiro atoms. The molecule has 2 rings (SSSR count). The fraction of sp³-hybridized carbons (Fsp3) is 0.0526. The number of benzene rings is 2. The van der Waals surface area contributed by atoms with Crippen LogP contribution in [0.4, 0.5) is 0 Å². The Morgan fingerprint density at radius 3 is 2.35 bits per heavy atom. The Kier molecular flexibility index (Phi) is 5.66. The SMILES string of the molecule is C=C(C)C(=O)Oc1ccc(C(=O)/C=C/c2ccccc2Br)cc1. The van der Waals surface area contributed by atoms with E-state index >= 15 is 0 Å². The van der Waals surface area contributed by atoms with Crippen LogP contribution in [0.3, 0.4) is 0 Å². The van der Waals surface area contributed by atoms with Crippen molar-refractivity contribution in [3.63, 3.8) is 0 Å². The molecule has 2 aromatic carbocycles. The zero-order valence-corrected chi connectivity index (χ0v) is 14.2. The van der Waals surface area contributed by atoms with Crippen molar-refractivity contribution in [2.45, 2.75) is 6.92 Å². The topological polar surface area (TPSA) is 43.4 Å². The summed E-state index contributed by atoms with van der Waals surface area (Å²) in [7, 11) is 0. The van der Waals surface area contributed by atoms with Crippen molar-refractivity contribution in [1.82, 2.24) is 0 Å². The van der Waals surface area contributed by atoms with Crippen LogP contribution < -0.4 is 4.74 Å². The fourth-order valence-corrected chi connectivity index (χ4v) is 2.17. The average Bonchev–Trinajstić information content (AvgIpc) is 2.54. The van der Waals surface area contributed by atoms with E-state index in [1.165, 1.54) is 6.08 Å². The highest BCUT2D eigenvalue weighted by Crippen LogP contribution is 2.18. The molecule has 0 aliphatic rings. The Hall–Kier alpha value is -2.46. The highest BCUT2D eigenvalue weighted by Gasteiger charge is 2.07. The van der Waals surface area contributed by atoms with Gasteiger partial charge in [-0.1, -0.05) is 40.7 Å². The molecule has 0 aliphatic carbocycles. The standard InChI is InChI=1S/C19H15BrO3/c1-13(2)19(22)23-16-10-7-15(8-11-16)18(21)12-9-14-5-3-4-6-17(14)20/h3-12H,1H2,2H3/b12-9+. The predicted octanol–water partition coefficient (Wildman–Crippen LogP) is 4.83. The van der Waals surface area contributed by atoms with Gasteiger partial charge in [-0.05, 0) is 55.0 Å². The van der Waals surface area contributed by atoms with Crippen LogP contribution in [0.2, 0.25) is 0 Å². The molecule has 0 radical (unpaired) electrons. The van der Waals surface area contributed by atoms with Gasteiger partial charge in [0, 0.05) is 15.6 Å². The average molecular weight is 371 g/mol. The van der Waals surface area contributed by atoms with Gasteiger partial charge in [0.15, 0.2) is 5.78 Å². The third-order valence-electron chi connectivity index (χ3n) is 3.02. The second-order valence-corrected chi connectivity index (χ2v) is 5.77. The maximum atomic E-state index is 12.1. The van der Waals surface area contributed by atoms with Crippen LogP contribution in [0, 0.1) is 0 Å². The van der Waals surface area contributed by atoms with Gasteiger partial charge < -0.3 is 4.74 Å². The van der Waals surface area contributed by atoms with Crippen molar-refractivity contribution in [2.75, 3.05) is 0 Å². The number of carbonyl (C=O) groups is 2. The molecule has 0 N–H and O–H groups in total. The smallest absolute Gasteiger partial charge is 0.338 e. The minimum Gasteiger partial charge on any atom is -0.423 e. The molecule has 0 aliphatic heterocycles. The Bertz CT molecular complexity index is 773. The number of esters is 1. The molecule has 0 heterocycles. The Morgan fingerprint density at radius 2 is 1.74 bits per heavy atom. The lowest BCUT2D eigenvalue weighted by molar-refractivity contribution is -0.130. The summed E-state index contributed by atoms with van der Waals surface area (Å²) in [5.74, 6) is -0.235. The van der Waals surface area contributed by atoms with Gasteiger partial charge in [0.05, 0.1) is 0 Å². The molecular weight excluding hydrogens is 356 g/mol. The lowest BCUT2D eigenvalue weighted by atomic mass is 10.1. The van der Waals surface area contributed by atoms with Gasteiger partial charge in [-0.3, -0.25) is 4.79 Å². The summed E-state index contributed by atoms with van der Waals surface area (Å²) >= 11 is 3.43. The van der Waals surface area contributed by atoms with E-state index in [0.29, 0.717) is 16.9 Å². The Balaban J connectivity index is 2.07. The zero-order valence-electron chi connectivity index (χ0n) is 12.6. The normalized spacial score (nSPS) is 10.5. The fourth-order valence-electron chi connectivity index (χ4n) is 1.75. The lowest BCUT2D eigenvalue weighted by Crippen LogP contribution is -2.08. The van der Waals surface area contributed by atoms with Crippen molar-refractivity contribution in [3.8, 4) is 5.75 Å². The minimum absolute atomic E-state index is 0.126. The molecule has 0 atom stereocenters. The van der Waals surface area contributed by atoms with Crippen molar-refractivity contribution in [2.24, 2.45) is 0 Å². The summed E-state index contributed by atoms with van der Waals surface area (Å²) in [5, 5.41) is 0. The molecule has 116 valence electrons. The highest BCUT2D eigenvalue weighted by atomic mass is 79.9. The van der Waals surface area contributed by atoms with E-state index in [0.717, 1.165) is 10.0 Å². The molecule has 0 saturated heterocycles. The summed E-state index contributed by atoms with van der Waals surface area (Å²) in [6, 6.07) is 14.0. The maximum Gasteiger partial charge on any atom is 0.338 e. The molecule has 0 saturated carbocycles. The summed E-state index contributed by atoms with van der Waals surface area (Å²) < 4.78 is 6.00. The van der Waals surface area contributed by atoms with Gasteiger partial charge in [-0.15, -0.1) is 0 Å². The molecule has 0 unspecified atom stereocenters. The van der Waals surface area contributed by atoms with E-state index in [2.05, 4.69) is 22.5 Å². The number of rotatable bonds is 5. The number of halogens is 1. The lowest BCUT2D eigenvalue weighted by Gasteiger charge is -2.04. The predicted molar refractivity (Wildman–Crippen MR) is 94.4 cm³/mol. The molecule has 0 aromatic heterocycles. The molecule has 0 fully saturated rings. The largest absolute Gasteiger partial charge is 0.423 e. The Labute approximate surface area is 143 Å². The van der Waals surface area contributed by atoms with E-state index in [9.17, 15) is 9.59 Å². The second kappa shape index (κ2) is 7.70. The van der Waals surface area contributed by atoms with Gasteiger partial charge in [-0.2, -0.15) is 0 Å². The highest BCUT2D eigenvalue weighted by molar-refractivity contribution is 9.10. The van der Waals surface area contributed by atoms with Crippen LogP contribution in [0.15, 0.2) is 71.2 Å². The van der Waals surface area contributed by atoms with Crippen LogP contribution in [0.1, 0.15) is 22.8 Å². The third-order valence-corrected chi connectivity index (χ3v) is 3.74. The van der Waals surface area contributed by atoms with Crippen molar-refractivity contribution < 1.29 is 14.3 Å². The van der Waals surface area contributed by atoms with E-state index in [4.69, 9.17) is 4.74 Å². The van der Waals surface area contributed by atoms with Crippen molar-refractivity contribution in [1.29, 1.82) is 0 Å². The first-order valence-electron chi connectivity index (χ1n) is 6.92. The van der Waals surface area contributed by atoms with Gasteiger partial charge in [0.25, 0.3) is 0 Å². The van der Waals surface area contributed by atoms with Gasteiger partial charge >= 0.3 is 5.97 Å². The third kappa shape index (κ3) is 4.76. The quantitative estimate of drug-likeness (QED) is 0.327. The van der Waals surface area contributed by atoms with Crippen LogP contribution in [0.25, 0.3) is 6.08 Å². The second-order valence-electron chi connectivity index (χ2n) is 4.91. The molecule has 3 nitrogen and oxygen atoms in total. The number of ketones is 1. The first-order valence-corrected chi connectivity index (χ1v) is 7.71. The number of hydrogen-bond donors (Lipinski definition) is 0. The minimum atomic E-state index is -0.488. The van der Waals surface area contributed by atoms with Crippen LogP contribution >= 0.6 is 15.9 Å². The Morgan fingerprint density at radius 1 is 1.09 bits per heavy atom. The summed E-state index contributed by atoms with van der Waals surface area (Å²) in [6.07, 6.45) is 3.26. The first-order chi connectivity index (χ1) is 11.0. The van der Waals surface area contributed by atoms with E-state index in [1.54, 1.807) is 37.3 Å². The number of ether oxygens (including phenoxy) is 1. The number of hydrogen-bond acceptors (Lipinski definition) is 3. The van der Waals surface area contributed by atoms with Gasteiger partial charge in [-0.25, -0.2) is 4.79 Å². The van der Waals surface area contributed by atoms with E-state index in [-0.39, 0.29) is 5.78 Å². The van der Waals surface area contributed by atoms with Crippen LogP contribution in [-0.2, 0) is 4.79 Å². The van der Waals surface area contributed by atoms with Crippen molar-refractivity contribution in [3.05, 3.63) is 82.4 Å². The summed E-state index contributed by atoms with van der Waals surface area (Å²) in [5.41, 5.74) is 1.76. The van der Waals surface area contributed by atoms with E-state index < -0.39 is 5.97 Å². The van der Waals surface area contributed by atoms with Gasteiger partial charge in [0.2, 0.25) is 0 Å². The molecule has 23 heavy (non-hydrogen) atoms. The van der Waals surface area contributed by atoms with Crippen molar-refractivity contribution >= 4 is 33.8 Å². The van der Waals surface area contributed by atoms with Crippen LogP contribution in [-0.4, -0.2) is 11.8 Å². The molecule has 2 aromatic rings. The molecule has 0 bridgehead atoms. The molecular formula is C19H15BrO3. The van der Waals surface area contributed by atoms with E-state index in [1.807, 2.05) is 24.3 Å².